The Hall–Kier alpha value is -6.61. The Kier molecular flexibility index (Phi) is 22.4. The van der Waals surface area contributed by atoms with Crippen molar-refractivity contribution in [1.82, 2.24) is 5.32 Å². The molecule has 1 N–H and O–H groups in total. The zero-order chi connectivity index (χ0) is 54.9. The maximum atomic E-state index is 13.5. The second kappa shape index (κ2) is 28.3. The lowest BCUT2D eigenvalue weighted by Gasteiger charge is -2.51. The van der Waals surface area contributed by atoms with Crippen LogP contribution in [0.4, 0.5) is 0 Å². The minimum atomic E-state index is -1.84. The fraction of sp³-hybridized carbons (Fsp3) is 0.580. The third-order valence-electron chi connectivity index (χ3n) is 11.2. The van der Waals surface area contributed by atoms with Gasteiger partial charge in [-0.05, 0) is 11.1 Å². The summed E-state index contributed by atoms with van der Waals surface area (Å²) in [6.07, 6.45) is -22.9. The van der Waals surface area contributed by atoms with Gasteiger partial charge in [-0.1, -0.05) is 60.7 Å². The Labute approximate surface area is 431 Å². The molecule has 0 bridgehead atoms. The molecule has 412 valence electrons. The smallest absolute Gasteiger partial charge is 0.305 e. The van der Waals surface area contributed by atoms with E-state index < -0.39 is 166 Å². The molecular formula is C50H63NO24. The number of carbonyl (C=O) groups excluding carboxylic acids is 9. The van der Waals surface area contributed by atoms with Gasteiger partial charge in [0.25, 0.3) is 0 Å². The molecule has 2 aromatic rings. The van der Waals surface area contributed by atoms with Crippen LogP contribution in [0.2, 0.25) is 0 Å². The number of nitrogens with one attached hydrogen (secondary N) is 1. The lowest BCUT2D eigenvalue weighted by atomic mass is 9.93. The van der Waals surface area contributed by atoms with Crippen LogP contribution in [-0.4, -0.2) is 166 Å². The Balaban J connectivity index is 1.72. The van der Waals surface area contributed by atoms with Gasteiger partial charge < -0.3 is 76.4 Å². The van der Waals surface area contributed by atoms with E-state index in [1.165, 1.54) is 6.92 Å². The van der Waals surface area contributed by atoms with Crippen LogP contribution in [0.25, 0.3) is 0 Å². The van der Waals surface area contributed by atoms with Crippen LogP contribution < -0.4 is 5.32 Å². The maximum Gasteiger partial charge on any atom is 0.305 e. The van der Waals surface area contributed by atoms with Crippen molar-refractivity contribution in [3.05, 3.63) is 71.8 Å². The van der Waals surface area contributed by atoms with Crippen molar-refractivity contribution in [3.8, 4) is 0 Å². The van der Waals surface area contributed by atoms with Gasteiger partial charge >= 0.3 is 47.8 Å². The number of rotatable bonds is 22. The van der Waals surface area contributed by atoms with E-state index in [1.54, 1.807) is 60.7 Å². The second-order valence-corrected chi connectivity index (χ2v) is 17.4. The summed E-state index contributed by atoms with van der Waals surface area (Å²) in [7, 11) is 0. The first-order valence-electron chi connectivity index (χ1n) is 23.7. The number of amides is 1. The van der Waals surface area contributed by atoms with Crippen molar-refractivity contribution in [1.29, 1.82) is 0 Å². The summed E-state index contributed by atoms with van der Waals surface area (Å²) in [5, 5.41) is 2.79. The lowest BCUT2D eigenvalue weighted by molar-refractivity contribution is -0.370. The molecular weight excluding hydrogens is 999 g/mol. The molecule has 0 spiro atoms. The van der Waals surface area contributed by atoms with Crippen LogP contribution in [0.15, 0.2) is 60.7 Å². The van der Waals surface area contributed by atoms with Gasteiger partial charge in [-0.15, -0.1) is 0 Å². The number of hydrogen-bond donors (Lipinski definition) is 1. The highest BCUT2D eigenvalue weighted by Crippen LogP contribution is 2.38. The van der Waals surface area contributed by atoms with Crippen molar-refractivity contribution >= 4 is 53.7 Å². The van der Waals surface area contributed by atoms with Crippen molar-refractivity contribution in [2.75, 3.05) is 19.8 Å². The molecule has 2 aromatic carbocycles. The minimum absolute atomic E-state index is 0.0203. The monoisotopic (exact) mass is 1060 g/mol. The van der Waals surface area contributed by atoms with E-state index in [4.69, 9.17) is 71.1 Å². The van der Waals surface area contributed by atoms with Crippen molar-refractivity contribution < 1.29 is 114 Å². The molecule has 25 nitrogen and oxygen atoms in total. The quantitative estimate of drug-likeness (QED) is 0.129. The Morgan fingerprint density at radius 2 is 0.800 bits per heavy atom. The van der Waals surface area contributed by atoms with Gasteiger partial charge in [0.05, 0.1) is 19.8 Å². The highest BCUT2D eigenvalue weighted by atomic mass is 16.8. The van der Waals surface area contributed by atoms with Crippen LogP contribution in [0.5, 0.6) is 0 Å². The van der Waals surface area contributed by atoms with E-state index in [-0.39, 0.29) is 13.2 Å². The molecule has 5 rings (SSSR count). The maximum absolute atomic E-state index is 13.5. The van der Waals surface area contributed by atoms with E-state index in [0.29, 0.717) is 5.56 Å². The highest BCUT2D eigenvalue weighted by molar-refractivity contribution is 5.73. The highest BCUT2D eigenvalue weighted by Gasteiger charge is 2.59. The predicted molar refractivity (Wildman–Crippen MR) is 247 cm³/mol. The van der Waals surface area contributed by atoms with E-state index in [9.17, 15) is 43.2 Å². The van der Waals surface area contributed by atoms with Crippen molar-refractivity contribution in [3.63, 3.8) is 0 Å². The van der Waals surface area contributed by atoms with Crippen LogP contribution in [-0.2, 0) is 127 Å². The SMILES string of the molecule is CC(=O)N[C@H]1[C@H](O[C@H]2[C@@H](OC(C)=O)[C@@H](COC(C)=O)O[C@@H](OC(C)=O)[C@@H]2OC(C)=O)O[C@H](COCc2ccccc2)[C@@H](O[C@@H]2O[C@H](COC(C)=O)[C@H](OC(C)=O)[C@H](OC(C)=O)[C@H]2OC(C)=O)[C@@H]1OCc1ccccc1. The van der Waals surface area contributed by atoms with Crippen LogP contribution in [0, 0.1) is 0 Å². The van der Waals surface area contributed by atoms with E-state index in [1.807, 2.05) is 0 Å². The molecule has 3 fully saturated rings. The first-order chi connectivity index (χ1) is 35.6. The summed E-state index contributed by atoms with van der Waals surface area (Å²) in [5.41, 5.74) is 1.33. The molecule has 0 radical (unpaired) electrons. The molecule has 1 amide bonds. The number of hydrogen-bond acceptors (Lipinski definition) is 24. The zero-order valence-electron chi connectivity index (χ0n) is 42.8. The summed E-state index contributed by atoms with van der Waals surface area (Å²) in [6.45, 7) is 7.83. The Bertz CT molecular complexity index is 2280. The van der Waals surface area contributed by atoms with Crippen LogP contribution in [0.3, 0.4) is 0 Å². The van der Waals surface area contributed by atoms with E-state index in [0.717, 1.165) is 61.0 Å². The first kappa shape index (κ1) is 59.3. The molecule has 15 atom stereocenters. The Morgan fingerprint density at radius 3 is 1.28 bits per heavy atom. The summed E-state index contributed by atoms with van der Waals surface area (Å²) in [6, 6.07) is 16.2. The van der Waals surface area contributed by atoms with Crippen LogP contribution >= 0.6 is 0 Å². The molecule has 0 saturated carbocycles. The summed E-state index contributed by atoms with van der Waals surface area (Å²) < 4.78 is 90.0. The van der Waals surface area contributed by atoms with Gasteiger partial charge in [0.2, 0.25) is 12.2 Å². The van der Waals surface area contributed by atoms with Crippen LogP contribution in [0.1, 0.15) is 73.4 Å². The summed E-state index contributed by atoms with van der Waals surface area (Å²) in [4.78, 5) is 114. The molecule has 3 aliphatic heterocycles. The molecule has 3 saturated heterocycles. The molecule has 25 heteroatoms. The number of ether oxygens (including phenoxy) is 15. The fourth-order valence-electron chi connectivity index (χ4n) is 8.42. The number of carbonyl (C=O) groups is 9. The summed E-state index contributed by atoms with van der Waals surface area (Å²) in [5.74, 6) is -7.72. The van der Waals surface area contributed by atoms with Gasteiger partial charge in [0.1, 0.15) is 55.9 Å². The minimum Gasteiger partial charge on any atom is -0.463 e. The van der Waals surface area contributed by atoms with Crippen molar-refractivity contribution in [2.24, 2.45) is 0 Å². The van der Waals surface area contributed by atoms with Gasteiger partial charge in [0, 0.05) is 62.3 Å². The van der Waals surface area contributed by atoms with Gasteiger partial charge in [-0.3, -0.25) is 43.2 Å². The van der Waals surface area contributed by atoms with Gasteiger partial charge in [-0.2, -0.15) is 0 Å². The average molecular weight is 1060 g/mol. The first-order valence-corrected chi connectivity index (χ1v) is 23.7. The molecule has 3 aliphatic rings. The van der Waals surface area contributed by atoms with Gasteiger partial charge in [0.15, 0.2) is 43.1 Å². The fourth-order valence-corrected chi connectivity index (χ4v) is 8.42. The van der Waals surface area contributed by atoms with Crippen molar-refractivity contribution in [2.45, 2.75) is 168 Å². The largest absolute Gasteiger partial charge is 0.463 e. The molecule has 0 aromatic heterocycles. The number of benzene rings is 2. The molecule has 0 unspecified atom stereocenters. The molecule has 75 heavy (non-hydrogen) atoms. The third-order valence-corrected chi connectivity index (χ3v) is 11.2. The van der Waals surface area contributed by atoms with E-state index in [2.05, 4.69) is 5.32 Å². The normalized spacial score (nSPS) is 29.3. The molecule has 3 heterocycles. The zero-order valence-corrected chi connectivity index (χ0v) is 42.8. The van der Waals surface area contributed by atoms with E-state index >= 15 is 0 Å². The standard InChI is InChI=1S/C50H63NO24/c1-25(52)51-39-43(64-21-35-18-14-11-15-19-35)40(74-50-46(68-31(7)58)44(67-30(6)57)41(65-28(4)55)37(73-50)23-62-26(2)53)36(22-61-20-34-16-12-10-13-17-34)71-48(39)75-45-42(66-29(5)56)38(24-63-27(3)54)72-49(70-33(9)60)47(45)69-32(8)59/h10-19,36-50H,20-24H2,1-9H3,(H,51,52)/t36-,37-,38-,39-,40-,41+,42+,43-,44+,45+,46-,47-,48+,49-,50+/m1/s1. The number of esters is 8. The second-order valence-electron chi connectivity index (χ2n) is 17.4. The summed E-state index contributed by atoms with van der Waals surface area (Å²) >= 11 is 0. The third kappa shape index (κ3) is 18.0. The topological polar surface area (TPSA) is 304 Å². The molecule has 0 aliphatic carbocycles. The average Bonchev–Trinajstić information content (AvgIpc) is 3.31. The Morgan fingerprint density at radius 1 is 0.400 bits per heavy atom. The lowest BCUT2D eigenvalue weighted by Crippen LogP contribution is -2.70. The van der Waals surface area contributed by atoms with Gasteiger partial charge in [-0.25, -0.2) is 0 Å². The predicted octanol–water partition coefficient (Wildman–Crippen LogP) is 1.59.